The Bertz CT molecular complexity index is 656. The second-order valence-corrected chi connectivity index (χ2v) is 5.73. The van der Waals surface area contributed by atoms with Crippen LogP contribution in [0.25, 0.3) is 0 Å². The lowest BCUT2D eigenvalue weighted by Crippen LogP contribution is -2.34. The first-order chi connectivity index (χ1) is 12.4. The van der Waals surface area contributed by atoms with Crippen molar-refractivity contribution in [3.05, 3.63) is 60.2 Å². The van der Waals surface area contributed by atoms with Crippen molar-refractivity contribution in [1.82, 2.24) is 5.32 Å². The minimum Gasteiger partial charge on any atom is -0.480 e. The second-order valence-electron chi connectivity index (χ2n) is 5.73. The van der Waals surface area contributed by atoms with Crippen molar-refractivity contribution in [2.24, 2.45) is 10.7 Å². The number of ether oxygens (including phenoxy) is 1. The molecule has 1 aromatic carbocycles. The van der Waals surface area contributed by atoms with E-state index in [1.165, 1.54) is 12.3 Å². The Morgan fingerprint density at radius 3 is 2.69 bits per heavy atom. The van der Waals surface area contributed by atoms with Crippen LogP contribution >= 0.6 is 0 Å². The molecule has 1 amide bonds. The number of nitrogens with two attached hydrogens (primary N) is 1. The van der Waals surface area contributed by atoms with E-state index in [0.29, 0.717) is 12.0 Å². The third-order valence-electron chi connectivity index (χ3n) is 3.38. The molecule has 26 heavy (non-hydrogen) atoms. The van der Waals surface area contributed by atoms with Gasteiger partial charge in [0.2, 0.25) is 0 Å². The van der Waals surface area contributed by atoms with Crippen LogP contribution in [0.2, 0.25) is 0 Å². The van der Waals surface area contributed by atoms with Crippen LogP contribution in [0.3, 0.4) is 0 Å². The van der Waals surface area contributed by atoms with Gasteiger partial charge in [-0.3, -0.25) is 9.79 Å². The number of hydrogen-bond acceptors (Lipinski definition) is 5. The lowest BCUT2D eigenvalue weighted by Gasteiger charge is -2.13. The molecule has 7 heteroatoms. The molecule has 0 saturated heterocycles. The average molecular weight is 359 g/mol. The minimum atomic E-state index is -1.10. The predicted molar refractivity (Wildman–Crippen MR) is 101 cm³/mol. The number of carboxylic acid groups (broad SMARTS) is 1. The summed E-state index contributed by atoms with van der Waals surface area (Å²) in [5.41, 5.74) is 7.18. The van der Waals surface area contributed by atoms with E-state index in [1.54, 1.807) is 6.08 Å². The molecule has 1 aromatic rings. The largest absolute Gasteiger partial charge is 0.480 e. The Kier molecular flexibility index (Phi) is 9.42. The molecule has 0 heterocycles. The molecule has 0 aliphatic heterocycles. The van der Waals surface area contributed by atoms with Gasteiger partial charge in [-0.1, -0.05) is 49.1 Å². The van der Waals surface area contributed by atoms with Crippen LogP contribution in [0.1, 0.15) is 18.9 Å². The molecule has 7 nitrogen and oxygen atoms in total. The van der Waals surface area contributed by atoms with E-state index >= 15 is 0 Å². The maximum Gasteiger partial charge on any atom is 0.409 e. The third-order valence-corrected chi connectivity index (χ3v) is 3.38. The number of aliphatic carboxylic acids is 1. The van der Waals surface area contributed by atoms with E-state index in [1.807, 2.05) is 37.3 Å². The summed E-state index contributed by atoms with van der Waals surface area (Å²) in [5.74, 6) is -1.10. The highest BCUT2D eigenvalue weighted by atomic mass is 16.6. The average Bonchev–Trinajstić information content (AvgIpc) is 2.59. The fourth-order valence-electron chi connectivity index (χ4n) is 2.17. The highest BCUT2D eigenvalue weighted by Gasteiger charge is 2.12. The van der Waals surface area contributed by atoms with Gasteiger partial charge in [-0.25, -0.2) is 4.79 Å². The fraction of sp³-hybridized carbons (Fsp3) is 0.316. The zero-order chi connectivity index (χ0) is 19.4. The number of allylic oxidation sites excluding steroid dienone is 2. The number of carbonyl (C=O) groups is 2. The lowest BCUT2D eigenvalue weighted by atomic mass is 10.1. The standard InChI is InChI=1S/C19H25N3O4/c1-3-7-16(11-17(20)18(23)24)12-21-13-26-19(25)22-14(2)10-15-8-5-4-6-9-15/h3-9,12,14,17H,1,10-11,13,20H2,2H3,(H,22,25)(H,23,24)/b16-7-,21-12+/t14?,17-/m0/s1. The van der Waals surface area contributed by atoms with Crippen LogP contribution in [0, 0.1) is 0 Å². The normalized spacial score (nSPS) is 13.8. The molecule has 0 aromatic heterocycles. The summed E-state index contributed by atoms with van der Waals surface area (Å²) in [6.45, 7) is 5.26. The zero-order valence-corrected chi connectivity index (χ0v) is 14.8. The number of aliphatic imine (C=N–C) groups is 1. The summed E-state index contributed by atoms with van der Waals surface area (Å²) in [5, 5.41) is 11.6. The van der Waals surface area contributed by atoms with Gasteiger partial charge in [-0.05, 0) is 30.9 Å². The van der Waals surface area contributed by atoms with Gasteiger partial charge in [-0.15, -0.1) is 0 Å². The maximum absolute atomic E-state index is 11.7. The van der Waals surface area contributed by atoms with Crippen LogP contribution in [0.15, 0.2) is 59.6 Å². The number of rotatable bonds is 10. The van der Waals surface area contributed by atoms with E-state index in [0.717, 1.165) is 5.56 Å². The number of carboxylic acids is 1. The fourth-order valence-corrected chi connectivity index (χ4v) is 2.17. The summed E-state index contributed by atoms with van der Waals surface area (Å²) < 4.78 is 4.98. The predicted octanol–water partition coefficient (Wildman–Crippen LogP) is 2.29. The van der Waals surface area contributed by atoms with Gasteiger partial charge in [0.1, 0.15) is 6.04 Å². The molecule has 0 saturated carbocycles. The quantitative estimate of drug-likeness (QED) is 0.438. The first kappa shape index (κ1) is 21.1. The molecule has 0 aliphatic carbocycles. The topological polar surface area (TPSA) is 114 Å². The Labute approximate surface area is 153 Å². The number of nitrogens with one attached hydrogen (secondary N) is 1. The van der Waals surface area contributed by atoms with Gasteiger partial charge in [-0.2, -0.15) is 0 Å². The van der Waals surface area contributed by atoms with E-state index in [9.17, 15) is 9.59 Å². The van der Waals surface area contributed by atoms with Crippen LogP contribution in [-0.4, -0.2) is 42.2 Å². The van der Waals surface area contributed by atoms with Gasteiger partial charge in [0.25, 0.3) is 0 Å². The Balaban J connectivity index is 2.38. The van der Waals surface area contributed by atoms with E-state index < -0.39 is 18.1 Å². The highest BCUT2D eigenvalue weighted by molar-refractivity contribution is 5.82. The lowest BCUT2D eigenvalue weighted by molar-refractivity contribution is -0.138. The molecular weight excluding hydrogens is 334 g/mol. The molecule has 4 N–H and O–H groups in total. The van der Waals surface area contributed by atoms with Crippen LogP contribution in [0.4, 0.5) is 4.79 Å². The maximum atomic E-state index is 11.7. The minimum absolute atomic E-state index is 0.0846. The summed E-state index contributed by atoms with van der Waals surface area (Å²) in [6.07, 6.45) is 4.76. The summed E-state index contributed by atoms with van der Waals surface area (Å²) >= 11 is 0. The molecule has 140 valence electrons. The van der Waals surface area contributed by atoms with Gasteiger partial charge < -0.3 is 20.9 Å². The van der Waals surface area contributed by atoms with Crippen molar-refractivity contribution in [1.29, 1.82) is 0 Å². The van der Waals surface area contributed by atoms with E-state index in [-0.39, 0.29) is 19.2 Å². The number of hydrogen-bond donors (Lipinski definition) is 3. The monoisotopic (exact) mass is 359 g/mol. The van der Waals surface area contributed by atoms with Gasteiger partial charge in [0, 0.05) is 12.3 Å². The van der Waals surface area contributed by atoms with E-state index in [4.69, 9.17) is 15.6 Å². The summed E-state index contributed by atoms with van der Waals surface area (Å²) in [7, 11) is 0. The van der Waals surface area contributed by atoms with Crippen LogP contribution in [0.5, 0.6) is 0 Å². The smallest absolute Gasteiger partial charge is 0.409 e. The van der Waals surface area contributed by atoms with Crippen molar-refractivity contribution in [2.75, 3.05) is 6.73 Å². The van der Waals surface area contributed by atoms with Crippen molar-refractivity contribution in [2.45, 2.75) is 31.8 Å². The summed E-state index contributed by atoms with van der Waals surface area (Å²) in [4.78, 5) is 26.5. The zero-order valence-electron chi connectivity index (χ0n) is 14.8. The van der Waals surface area contributed by atoms with Gasteiger partial charge >= 0.3 is 12.1 Å². The van der Waals surface area contributed by atoms with Crippen molar-refractivity contribution in [3.63, 3.8) is 0 Å². The number of carbonyl (C=O) groups excluding carboxylic acids is 1. The molecule has 0 radical (unpaired) electrons. The molecule has 2 atom stereocenters. The van der Waals surface area contributed by atoms with Crippen molar-refractivity contribution >= 4 is 18.3 Å². The molecule has 0 fully saturated rings. The Morgan fingerprint density at radius 1 is 1.38 bits per heavy atom. The third kappa shape index (κ3) is 8.79. The van der Waals surface area contributed by atoms with Gasteiger partial charge in [0.15, 0.2) is 6.73 Å². The SMILES string of the molecule is C=C/C=C(\C=N\COC(=O)NC(C)Cc1ccccc1)C[C@H](N)C(=O)O. The highest BCUT2D eigenvalue weighted by Crippen LogP contribution is 2.04. The number of amides is 1. The first-order valence-electron chi connectivity index (χ1n) is 8.19. The number of benzene rings is 1. The second kappa shape index (κ2) is 11.6. The number of alkyl carbamates (subject to hydrolysis) is 1. The number of nitrogens with zero attached hydrogens (tertiary/aromatic N) is 1. The van der Waals surface area contributed by atoms with Crippen LogP contribution in [-0.2, 0) is 16.0 Å². The first-order valence-corrected chi connectivity index (χ1v) is 8.19. The van der Waals surface area contributed by atoms with Crippen molar-refractivity contribution in [3.8, 4) is 0 Å². The summed E-state index contributed by atoms with van der Waals surface area (Å²) in [6, 6.07) is 8.69. The molecule has 0 aliphatic rings. The molecule has 0 spiro atoms. The van der Waals surface area contributed by atoms with Crippen molar-refractivity contribution < 1.29 is 19.4 Å². The molecule has 1 unspecified atom stereocenters. The Hall–Kier alpha value is -2.93. The van der Waals surface area contributed by atoms with Gasteiger partial charge in [0.05, 0.1) is 0 Å². The van der Waals surface area contributed by atoms with E-state index in [2.05, 4.69) is 16.9 Å². The molecular formula is C19H25N3O4. The Morgan fingerprint density at radius 2 is 2.08 bits per heavy atom. The molecule has 0 bridgehead atoms. The van der Waals surface area contributed by atoms with Crippen LogP contribution < -0.4 is 11.1 Å². The molecule has 1 rings (SSSR count).